The number of ether oxygens (including phenoxy) is 1. The number of sulfone groups is 1. The van der Waals surface area contributed by atoms with Gasteiger partial charge in [0.1, 0.15) is 12.7 Å². The molecule has 1 aliphatic rings. The van der Waals surface area contributed by atoms with Gasteiger partial charge in [-0.15, -0.1) is 0 Å². The van der Waals surface area contributed by atoms with E-state index >= 15 is 0 Å². The van der Waals surface area contributed by atoms with Crippen molar-refractivity contribution in [3.8, 4) is 11.9 Å². The molecule has 0 saturated carbocycles. The normalized spacial score (nSPS) is 13.9. The molecule has 170 valence electrons. The van der Waals surface area contributed by atoms with Crippen molar-refractivity contribution >= 4 is 15.8 Å². The highest BCUT2D eigenvalue weighted by molar-refractivity contribution is 7.91. The zero-order valence-corrected chi connectivity index (χ0v) is 19.3. The van der Waals surface area contributed by atoms with Gasteiger partial charge in [0.2, 0.25) is 0 Å². The first-order valence-electron chi connectivity index (χ1n) is 10.3. The van der Waals surface area contributed by atoms with E-state index < -0.39 is 15.1 Å². The van der Waals surface area contributed by atoms with E-state index in [0.29, 0.717) is 29.1 Å². The highest BCUT2D eigenvalue weighted by atomic mass is 32.2. The van der Waals surface area contributed by atoms with Gasteiger partial charge in [0.05, 0.1) is 22.6 Å². The Kier molecular flexibility index (Phi) is 6.01. The summed E-state index contributed by atoms with van der Waals surface area (Å²) in [5.41, 5.74) is 4.85. The number of nitriles is 1. The molecule has 9 nitrogen and oxygen atoms in total. The monoisotopic (exact) mass is 465 g/mol. The number of carbonyl (C=O) groups is 1. The molecule has 2 aromatic heterocycles. The topological polar surface area (TPSA) is 127 Å². The minimum Gasteiger partial charge on any atom is -0.457 e. The van der Waals surface area contributed by atoms with Crippen LogP contribution in [0, 0.1) is 25.2 Å². The van der Waals surface area contributed by atoms with Crippen LogP contribution in [0.15, 0.2) is 36.8 Å². The summed E-state index contributed by atoms with van der Waals surface area (Å²) >= 11 is 0. The third-order valence-corrected chi connectivity index (χ3v) is 7.27. The molecule has 0 aliphatic carbocycles. The van der Waals surface area contributed by atoms with Crippen molar-refractivity contribution < 1.29 is 17.9 Å². The Morgan fingerprint density at radius 1 is 1.30 bits per heavy atom. The highest BCUT2D eigenvalue weighted by Crippen LogP contribution is 2.32. The van der Waals surface area contributed by atoms with Crippen molar-refractivity contribution in [1.29, 1.82) is 5.26 Å². The molecule has 0 bridgehead atoms. The number of rotatable bonds is 7. The second-order valence-electron chi connectivity index (χ2n) is 8.09. The molecule has 1 aliphatic heterocycles. The van der Waals surface area contributed by atoms with Crippen LogP contribution in [-0.2, 0) is 27.7 Å². The molecule has 0 fully saturated rings. The third kappa shape index (κ3) is 4.51. The van der Waals surface area contributed by atoms with Crippen LogP contribution >= 0.6 is 0 Å². The standard InChI is InChI=1S/C23H23N5O4S/c1-14-6-22(26-10-17(14)7-24)28-12-16(9-27-28)8-25-11-21(33(3,30)31)18-4-5-19-20(15(18)2)13-32-23(19)29/h4-6,9-10,12,21,25H,8,11,13H2,1-3H3/t21-/m0/s1. The number of carbonyl (C=O) groups excluding carboxylic acids is 1. The van der Waals surface area contributed by atoms with Gasteiger partial charge in [0.25, 0.3) is 0 Å². The van der Waals surface area contributed by atoms with Gasteiger partial charge in [-0.25, -0.2) is 22.9 Å². The van der Waals surface area contributed by atoms with E-state index in [1.54, 1.807) is 35.3 Å². The Morgan fingerprint density at radius 3 is 2.79 bits per heavy atom. The maximum Gasteiger partial charge on any atom is 0.338 e. The number of fused-ring (bicyclic) bond motifs is 1. The lowest BCUT2D eigenvalue weighted by Gasteiger charge is -2.19. The average Bonchev–Trinajstić information content (AvgIpc) is 3.39. The van der Waals surface area contributed by atoms with Crippen LogP contribution in [0.2, 0.25) is 0 Å². The lowest BCUT2D eigenvalue weighted by Crippen LogP contribution is -2.27. The molecular formula is C23H23N5O4S. The summed E-state index contributed by atoms with van der Waals surface area (Å²) < 4.78 is 31.9. The molecule has 33 heavy (non-hydrogen) atoms. The largest absolute Gasteiger partial charge is 0.457 e. The summed E-state index contributed by atoms with van der Waals surface area (Å²) in [5, 5.41) is 15.8. The number of esters is 1. The van der Waals surface area contributed by atoms with E-state index in [9.17, 15) is 13.2 Å². The fourth-order valence-electron chi connectivity index (χ4n) is 3.92. The summed E-state index contributed by atoms with van der Waals surface area (Å²) in [5.74, 6) is 0.218. The zero-order chi connectivity index (χ0) is 23.8. The van der Waals surface area contributed by atoms with Crippen LogP contribution in [-0.4, -0.2) is 42.0 Å². The second-order valence-corrected chi connectivity index (χ2v) is 10.3. The van der Waals surface area contributed by atoms with E-state index in [4.69, 9.17) is 10.00 Å². The molecule has 0 amide bonds. The number of aromatic nitrogens is 3. The van der Waals surface area contributed by atoms with Crippen LogP contribution in [0.5, 0.6) is 0 Å². The molecule has 0 spiro atoms. The van der Waals surface area contributed by atoms with Crippen LogP contribution < -0.4 is 5.32 Å². The lowest BCUT2D eigenvalue weighted by molar-refractivity contribution is 0.0535. The number of nitrogens with zero attached hydrogens (tertiary/aromatic N) is 4. The summed E-state index contributed by atoms with van der Waals surface area (Å²) in [4.78, 5) is 16.1. The Balaban J connectivity index is 1.49. The van der Waals surface area contributed by atoms with E-state index in [2.05, 4.69) is 21.5 Å². The Labute approximate surface area is 191 Å². The van der Waals surface area contributed by atoms with Gasteiger partial charge in [-0.05, 0) is 42.7 Å². The van der Waals surface area contributed by atoms with Crippen LogP contribution in [0.25, 0.3) is 5.82 Å². The predicted octanol–water partition coefficient (Wildman–Crippen LogP) is 2.30. The number of benzene rings is 1. The first-order valence-corrected chi connectivity index (χ1v) is 12.2. The summed E-state index contributed by atoms with van der Waals surface area (Å²) in [6.45, 7) is 4.44. The SMILES string of the molecule is Cc1cc(-n2cc(CNC[C@@H](c3ccc4c(c3C)COC4=O)S(C)(=O)=O)cn2)ncc1C#N. The van der Waals surface area contributed by atoms with Crippen molar-refractivity contribution in [2.45, 2.75) is 32.2 Å². The molecule has 4 rings (SSSR count). The molecule has 0 saturated heterocycles. The van der Waals surface area contributed by atoms with Gasteiger partial charge >= 0.3 is 5.97 Å². The van der Waals surface area contributed by atoms with Crippen molar-refractivity contribution in [3.63, 3.8) is 0 Å². The van der Waals surface area contributed by atoms with Crippen LogP contribution in [0.4, 0.5) is 0 Å². The van der Waals surface area contributed by atoms with Gasteiger partial charge in [-0.2, -0.15) is 10.4 Å². The minimum atomic E-state index is -3.42. The van der Waals surface area contributed by atoms with Gasteiger partial charge < -0.3 is 10.1 Å². The molecule has 1 aromatic carbocycles. The van der Waals surface area contributed by atoms with E-state index in [0.717, 1.165) is 22.3 Å². The molecule has 10 heteroatoms. The lowest BCUT2D eigenvalue weighted by atomic mass is 9.96. The second kappa shape index (κ2) is 8.77. The number of cyclic esters (lactones) is 1. The van der Waals surface area contributed by atoms with Crippen molar-refractivity contribution in [2.75, 3.05) is 12.8 Å². The average molecular weight is 466 g/mol. The molecule has 3 aromatic rings. The fraction of sp³-hybridized carbons (Fsp3) is 0.304. The maximum absolute atomic E-state index is 12.6. The van der Waals surface area contributed by atoms with Crippen molar-refractivity contribution in [2.24, 2.45) is 0 Å². The van der Waals surface area contributed by atoms with E-state index in [1.165, 1.54) is 12.5 Å². The number of hydrogen-bond acceptors (Lipinski definition) is 8. The Morgan fingerprint density at radius 2 is 2.09 bits per heavy atom. The molecular weight excluding hydrogens is 442 g/mol. The zero-order valence-electron chi connectivity index (χ0n) is 18.5. The molecule has 1 atom stereocenters. The number of hydrogen-bond donors (Lipinski definition) is 1. The van der Waals surface area contributed by atoms with E-state index in [-0.39, 0.29) is 19.1 Å². The summed E-state index contributed by atoms with van der Waals surface area (Å²) in [6.07, 6.45) is 6.21. The number of nitrogens with one attached hydrogen (secondary N) is 1. The van der Waals surface area contributed by atoms with E-state index in [1.807, 2.05) is 13.8 Å². The number of pyridine rings is 1. The Bertz CT molecular complexity index is 1390. The van der Waals surface area contributed by atoms with Crippen molar-refractivity contribution in [3.05, 3.63) is 75.7 Å². The predicted molar refractivity (Wildman–Crippen MR) is 120 cm³/mol. The molecule has 1 N–H and O–H groups in total. The van der Waals surface area contributed by atoms with Gasteiger partial charge in [0.15, 0.2) is 15.7 Å². The first-order chi connectivity index (χ1) is 15.7. The summed E-state index contributed by atoms with van der Waals surface area (Å²) in [6, 6.07) is 7.21. The highest BCUT2D eigenvalue weighted by Gasteiger charge is 2.30. The Hall–Kier alpha value is -3.55. The fourth-order valence-corrected chi connectivity index (χ4v) is 5.05. The van der Waals surface area contributed by atoms with Crippen LogP contribution in [0.1, 0.15) is 49.0 Å². The smallest absolute Gasteiger partial charge is 0.338 e. The maximum atomic E-state index is 12.6. The molecule has 0 radical (unpaired) electrons. The van der Waals surface area contributed by atoms with Crippen molar-refractivity contribution in [1.82, 2.24) is 20.1 Å². The van der Waals surface area contributed by atoms with Gasteiger partial charge in [-0.3, -0.25) is 0 Å². The van der Waals surface area contributed by atoms with Gasteiger partial charge in [0, 0.05) is 42.9 Å². The number of aryl methyl sites for hydroxylation is 1. The molecule has 3 heterocycles. The first kappa shape index (κ1) is 22.6. The van der Waals surface area contributed by atoms with Crippen LogP contribution in [0.3, 0.4) is 0 Å². The summed E-state index contributed by atoms with van der Waals surface area (Å²) in [7, 11) is -3.42. The van der Waals surface area contributed by atoms with Gasteiger partial charge in [-0.1, -0.05) is 6.07 Å². The molecule has 0 unspecified atom stereocenters. The minimum absolute atomic E-state index is 0.166. The quantitative estimate of drug-likeness (QED) is 0.527. The third-order valence-electron chi connectivity index (χ3n) is 5.82.